The van der Waals surface area contributed by atoms with Crippen LogP contribution in [0.1, 0.15) is 0 Å². The smallest absolute Gasteiger partial charge is 0.129 e. The van der Waals surface area contributed by atoms with Crippen LogP contribution in [0.5, 0.6) is 0 Å². The molecule has 0 saturated carbocycles. The molecule has 0 aliphatic carbocycles. The van der Waals surface area contributed by atoms with Gasteiger partial charge in [-0.2, -0.15) is 0 Å². The Labute approximate surface area is 149 Å². The number of hydrogen-bond acceptors (Lipinski definition) is 0. The molecule has 0 radical (unpaired) electrons. The molecule has 0 fully saturated rings. The third-order valence-electron chi connectivity index (χ3n) is 3.91. The van der Waals surface area contributed by atoms with E-state index in [0.29, 0.717) is 0 Å². The molecule has 0 bridgehead atoms. The molecule has 0 aromatic heterocycles. The van der Waals surface area contributed by atoms with Crippen LogP contribution in [0.3, 0.4) is 0 Å². The molecule has 0 spiro atoms. The molecule has 0 unspecified atom stereocenters. The zero-order valence-electron chi connectivity index (χ0n) is 12.1. The summed E-state index contributed by atoms with van der Waals surface area (Å²) in [5.41, 5.74) is 0.897. The van der Waals surface area contributed by atoms with Gasteiger partial charge in [0, 0.05) is 0 Å². The predicted molar refractivity (Wildman–Crippen MR) is 109 cm³/mol. The Morgan fingerprint density at radius 3 is 1.36 bits per heavy atom. The van der Waals surface area contributed by atoms with Gasteiger partial charge in [-0.1, -0.05) is 82.4 Å². The van der Waals surface area contributed by atoms with E-state index in [1.807, 2.05) is 47.8 Å². The summed E-state index contributed by atoms with van der Waals surface area (Å²) in [6, 6.07) is 20.8. The van der Waals surface area contributed by atoms with Gasteiger partial charge >= 0.3 is 5.52 Å². The van der Waals surface area contributed by atoms with Gasteiger partial charge in [0.25, 0.3) is 0 Å². The van der Waals surface area contributed by atoms with Crippen LogP contribution in [-0.2, 0) is 0 Å². The van der Waals surface area contributed by atoms with Crippen molar-refractivity contribution in [3.05, 3.63) is 85.2 Å². The van der Waals surface area contributed by atoms with Crippen LogP contribution in [0.25, 0.3) is 0 Å². The minimum Gasteiger partial charge on any atom is -0.129 e. The molecule has 0 aliphatic heterocycles. The van der Waals surface area contributed by atoms with E-state index in [2.05, 4.69) is 37.4 Å². The van der Waals surface area contributed by atoms with E-state index in [1.54, 1.807) is 0 Å². The Balaban J connectivity index is 2.73. The molecule has 114 valence electrons. The van der Waals surface area contributed by atoms with Crippen LogP contribution >= 0.6 is 33.2 Å². The SMILES string of the molecule is C=C[Si](C=C)([SiH](c1ccccc1)c1ccccc1)[Si](Cl)(Cl)Cl. The summed E-state index contributed by atoms with van der Waals surface area (Å²) in [4.78, 5) is 0. The first-order valence-electron chi connectivity index (χ1n) is 6.90. The van der Waals surface area contributed by atoms with Crippen LogP contribution < -0.4 is 10.4 Å². The summed E-state index contributed by atoms with van der Waals surface area (Å²) < 4.78 is 0. The lowest BCUT2D eigenvalue weighted by molar-refractivity contribution is 1.74. The lowest BCUT2D eigenvalue weighted by Gasteiger charge is -2.37. The highest BCUT2D eigenvalue weighted by Gasteiger charge is 2.56. The third kappa shape index (κ3) is 3.35. The number of halogens is 3. The molecule has 0 aliphatic rings. The van der Waals surface area contributed by atoms with Crippen molar-refractivity contribution >= 4 is 64.6 Å². The largest absolute Gasteiger partial charge is 0.331 e. The Morgan fingerprint density at radius 1 is 0.727 bits per heavy atom. The second-order valence-corrected chi connectivity index (χ2v) is 31.8. The fraction of sp³-hybridized carbons (Fsp3) is 0. The van der Waals surface area contributed by atoms with Gasteiger partial charge in [-0.15, -0.1) is 46.4 Å². The predicted octanol–water partition coefficient (Wildman–Crippen LogP) is 3.74. The number of benzene rings is 2. The fourth-order valence-electron chi connectivity index (χ4n) is 2.75. The van der Waals surface area contributed by atoms with Crippen molar-refractivity contribution in [2.24, 2.45) is 0 Å². The van der Waals surface area contributed by atoms with Crippen molar-refractivity contribution < 1.29 is 0 Å². The Kier molecular flexibility index (Phi) is 5.94. The van der Waals surface area contributed by atoms with Gasteiger partial charge in [-0.25, -0.2) is 0 Å². The van der Waals surface area contributed by atoms with E-state index in [0.717, 1.165) is 0 Å². The summed E-state index contributed by atoms with van der Waals surface area (Å²) in [6.07, 6.45) is 0. The van der Waals surface area contributed by atoms with Gasteiger partial charge in [0.2, 0.25) is 0 Å². The van der Waals surface area contributed by atoms with Crippen LogP contribution in [0, 0.1) is 0 Å². The van der Waals surface area contributed by atoms with Crippen molar-refractivity contribution in [1.82, 2.24) is 0 Å². The van der Waals surface area contributed by atoms with Gasteiger partial charge in [-0.3, -0.25) is 0 Å². The van der Waals surface area contributed by atoms with Gasteiger partial charge in [0.1, 0.15) is 15.4 Å². The zero-order valence-corrected chi connectivity index (χ0v) is 17.5. The van der Waals surface area contributed by atoms with Crippen molar-refractivity contribution in [1.29, 1.82) is 0 Å². The molecule has 0 heterocycles. The van der Waals surface area contributed by atoms with Crippen molar-refractivity contribution in [2.75, 3.05) is 0 Å². The lowest BCUT2D eigenvalue weighted by Crippen LogP contribution is -2.71. The van der Waals surface area contributed by atoms with E-state index < -0.39 is 20.9 Å². The average Bonchev–Trinajstić information content (AvgIpc) is 2.53. The molecule has 2 rings (SSSR count). The van der Waals surface area contributed by atoms with Crippen molar-refractivity contribution in [2.45, 2.75) is 0 Å². The quantitative estimate of drug-likeness (QED) is 0.512. The normalized spacial score (nSPS) is 12.2. The molecule has 0 nitrogen and oxygen atoms in total. The molecular formula is C16H17Cl3Si3. The highest BCUT2D eigenvalue weighted by atomic mass is 35.8. The van der Waals surface area contributed by atoms with E-state index in [4.69, 9.17) is 33.2 Å². The van der Waals surface area contributed by atoms with Crippen LogP contribution in [-0.4, -0.2) is 20.9 Å². The first kappa shape index (κ1) is 17.8. The fourth-order valence-corrected chi connectivity index (χ4v) is 34.1. The molecule has 2 aromatic carbocycles. The number of hydrogen-bond donors (Lipinski definition) is 0. The van der Waals surface area contributed by atoms with E-state index >= 15 is 0 Å². The monoisotopic (exact) mass is 398 g/mol. The third-order valence-corrected chi connectivity index (χ3v) is 40.0. The topological polar surface area (TPSA) is 0 Å². The summed E-state index contributed by atoms with van der Waals surface area (Å²) in [6.45, 7) is 8.10. The van der Waals surface area contributed by atoms with Crippen molar-refractivity contribution in [3.63, 3.8) is 0 Å². The van der Waals surface area contributed by atoms with Gasteiger partial charge in [-0.05, 0) is 0 Å². The molecular weight excluding hydrogens is 383 g/mol. The molecule has 0 atom stereocenters. The highest BCUT2D eigenvalue weighted by Crippen LogP contribution is 2.34. The van der Waals surface area contributed by atoms with Gasteiger partial charge in [0.15, 0.2) is 0 Å². The van der Waals surface area contributed by atoms with E-state index in [-0.39, 0.29) is 0 Å². The molecule has 2 aromatic rings. The maximum atomic E-state index is 6.57. The van der Waals surface area contributed by atoms with Crippen LogP contribution in [0.2, 0.25) is 0 Å². The summed E-state index contributed by atoms with van der Waals surface area (Å²) in [5, 5.41) is 2.55. The molecule has 0 saturated heterocycles. The van der Waals surface area contributed by atoms with Gasteiger partial charge in [0.05, 0.1) is 0 Å². The first-order valence-corrected chi connectivity index (χ1v) is 18.1. The Morgan fingerprint density at radius 2 is 1.09 bits per heavy atom. The first-order chi connectivity index (χ1) is 10.5. The maximum absolute atomic E-state index is 6.57. The second kappa shape index (κ2) is 7.34. The van der Waals surface area contributed by atoms with E-state index in [1.165, 1.54) is 10.4 Å². The standard InChI is InChI=1S/C16H17Cl3Si3/c1-3-21(4-2,22(17,18)19)20(15-11-7-5-8-12-15)16-13-9-6-10-14-16/h3-14,20H,1-2H2. The second-order valence-electron chi connectivity index (χ2n) is 5.09. The van der Waals surface area contributed by atoms with Gasteiger partial charge < -0.3 is 0 Å². The average molecular weight is 400 g/mol. The van der Waals surface area contributed by atoms with Crippen LogP contribution in [0.4, 0.5) is 0 Å². The molecule has 0 N–H and O–H groups in total. The van der Waals surface area contributed by atoms with Crippen LogP contribution in [0.15, 0.2) is 85.2 Å². The number of rotatable bonds is 6. The highest BCUT2D eigenvalue weighted by molar-refractivity contribution is 8.00. The minimum absolute atomic E-state index is 1.28. The van der Waals surface area contributed by atoms with E-state index in [9.17, 15) is 0 Å². The summed E-state index contributed by atoms with van der Waals surface area (Å²) in [5.74, 6) is 0. The summed E-state index contributed by atoms with van der Waals surface area (Å²) in [7, 11) is -4.21. The minimum atomic E-state index is -2.98. The molecule has 0 amide bonds. The van der Waals surface area contributed by atoms with Crippen molar-refractivity contribution in [3.8, 4) is 0 Å². The Hall–Kier alpha value is -0.559. The molecule has 22 heavy (non-hydrogen) atoms. The summed E-state index contributed by atoms with van der Waals surface area (Å²) >= 11 is 19.7. The molecule has 6 heteroatoms. The maximum Gasteiger partial charge on any atom is 0.331 e. The zero-order chi connectivity index (χ0) is 16.2. The Bertz CT molecular complexity index is 591. The lowest BCUT2D eigenvalue weighted by atomic mass is 10.4.